The molecule has 1 aliphatic carbocycles. The first-order valence-electron chi connectivity index (χ1n) is 13.1. The van der Waals surface area contributed by atoms with Crippen LogP contribution in [0.15, 0.2) is 48.5 Å². The van der Waals surface area contributed by atoms with Crippen LogP contribution in [0.25, 0.3) is 0 Å². The maximum absolute atomic E-state index is 13.4. The van der Waals surface area contributed by atoms with Gasteiger partial charge >= 0.3 is 0 Å². The highest BCUT2D eigenvalue weighted by atomic mass is 35.5. The first kappa shape index (κ1) is 29.8. The number of ether oxygens (including phenoxy) is 1. The first-order valence-corrected chi connectivity index (χ1v) is 15.4. The Morgan fingerprint density at radius 2 is 1.82 bits per heavy atom. The van der Waals surface area contributed by atoms with E-state index in [4.69, 9.17) is 16.3 Å². The van der Waals surface area contributed by atoms with E-state index >= 15 is 0 Å². The molecule has 2 aromatic carbocycles. The third-order valence-corrected chi connectivity index (χ3v) is 8.13. The normalized spacial score (nSPS) is 14.6. The zero-order valence-electron chi connectivity index (χ0n) is 22.4. The van der Waals surface area contributed by atoms with Crippen molar-refractivity contribution in [1.82, 2.24) is 10.2 Å². The summed E-state index contributed by atoms with van der Waals surface area (Å²) in [6.07, 6.45) is 5.62. The standard InChI is InChI=1S/C28H38ClN3O5S/c1-4-37-26-16-14-25(15-17-26)32(38(3,35)36)18-8-13-27(33)31(20-22-9-7-10-23(29)19-22)21(2)28(34)30-24-11-5-6-12-24/h7,9-10,14-17,19,21,24H,4-6,8,11-13,18,20H2,1-3H3,(H,30,34)/t21-/m1/s1. The van der Waals surface area contributed by atoms with Crippen molar-refractivity contribution in [1.29, 1.82) is 0 Å². The van der Waals surface area contributed by atoms with Gasteiger partial charge in [0.15, 0.2) is 0 Å². The first-order chi connectivity index (χ1) is 18.1. The highest BCUT2D eigenvalue weighted by Gasteiger charge is 2.28. The molecular weight excluding hydrogens is 526 g/mol. The van der Waals surface area contributed by atoms with Crippen LogP contribution in [-0.2, 0) is 26.2 Å². The summed E-state index contributed by atoms with van der Waals surface area (Å²) in [7, 11) is -3.57. The molecule has 0 heterocycles. The van der Waals surface area contributed by atoms with Crippen molar-refractivity contribution in [2.75, 3.05) is 23.7 Å². The number of anilines is 1. The van der Waals surface area contributed by atoms with Crippen molar-refractivity contribution in [3.8, 4) is 5.75 Å². The zero-order valence-corrected chi connectivity index (χ0v) is 23.9. The number of hydrogen-bond donors (Lipinski definition) is 1. The Hall–Kier alpha value is -2.78. The second kappa shape index (κ2) is 13.8. The quantitative estimate of drug-likeness (QED) is 0.379. The van der Waals surface area contributed by atoms with Gasteiger partial charge in [-0.3, -0.25) is 13.9 Å². The van der Waals surface area contributed by atoms with E-state index in [0.29, 0.717) is 29.5 Å². The van der Waals surface area contributed by atoms with Crippen LogP contribution in [0, 0.1) is 0 Å². The number of rotatable bonds is 13. The number of carbonyl (C=O) groups is 2. The van der Waals surface area contributed by atoms with Crippen molar-refractivity contribution in [2.45, 2.75) is 71.0 Å². The molecule has 0 spiro atoms. The summed E-state index contributed by atoms with van der Waals surface area (Å²) < 4.78 is 31.8. The van der Waals surface area contributed by atoms with E-state index in [0.717, 1.165) is 37.5 Å². The van der Waals surface area contributed by atoms with Gasteiger partial charge in [0.05, 0.1) is 18.6 Å². The molecule has 0 aliphatic heterocycles. The Labute approximate surface area is 231 Å². The van der Waals surface area contributed by atoms with Crippen LogP contribution in [-0.4, -0.2) is 56.6 Å². The molecule has 2 aromatic rings. The van der Waals surface area contributed by atoms with Gasteiger partial charge in [-0.15, -0.1) is 0 Å². The minimum absolute atomic E-state index is 0.0880. The van der Waals surface area contributed by atoms with Gasteiger partial charge in [0.25, 0.3) is 0 Å². The van der Waals surface area contributed by atoms with Crippen LogP contribution in [0.3, 0.4) is 0 Å². The lowest BCUT2D eigenvalue weighted by molar-refractivity contribution is -0.141. The monoisotopic (exact) mass is 563 g/mol. The lowest BCUT2D eigenvalue weighted by atomic mass is 10.1. The maximum Gasteiger partial charge on any atom is 0.242 e. The highest BCUT2D eigenvalue weighted by molar-refractivity contribution is 7.92. The van der Waals surface area contributed by atoms with E-state index in [1.165, 1.54) is 4.31 Å². The van der Waals surface area contributed by atoms with Crippen molar-refractivity contribution < 1.29 is 22.7 Å². The average Bonchev–Trinajstić information content (AvgIpc) is 3.38. The third-order valence-electron chi connectivity index (χ3n) is 6.70. The predicted molar refractivity (Wildman–Crippen MR) is 151 cm³/mol. The van der Waals surface area contributed by atoms with Gasteiger partial charge in [0.1, 0.15) is 11.8 Å². The highest BCUT2D eigenvalue weighted by Crippen LogP contribution is 2.23. The number of amides is 2. The second-order valence-electron chi connectivity index (χ2n) is 9.68. The smallest absolute Gasteiger partial charge is 0.242 e. The molecule has 1 N–H and O–H groups in total. The molecule has 0 radical (unpaired) electrons. The minimum atomic E-state index is -3.57. The maximum atomic E-state index is 13.4. The minimum Gasteiger partial charge on any atom is -0.494 e. The molecule has 10 heteroatoms. The molecule has 1 saturated carbocycles. The molecule has 1 aliphatic rings. The van der Waals surface area contributed by atoms with Crippen molar-refractivity contribution in [3.63, 3.8) is 0 Å². The molecule has 3 rings (SSSR count). The molecule has 8 nitrogen and oxygen atoms in total. The fraction of sp³-hybridized carbons (Fsp3) is 0.500. The molecule has 2 amide bonds. The number of benzene rings is 2. The van der Waals surface area contributed by atoms with E-state index in [1.54, 1.807) is 48.2 Å². The Morgan fingerprint density at radius 3 is 2.42 bits per heavy atom. The molecule has 1 fully saturated rings. The van der Waals surface area contributed by atoms with Crippen LogP contribution < -0.4 is 14.4 Å². The fourth-order valence-corrected chi connectivity index (χ4v) is 5.86. The van der Waals surface area contributed by atoms with E-state index in [1.807, 2.05) is 19.1 Å². The fourth-order valence-electron chi connectivity index (χ4n) is 4.69. The summed E-state index contributed by atoms with van der Waals surface area (Å²) >= 11 is 6.16. The number of nitrogens with zero attached hydrogens (tertiary/aromatic N) is 2. The van der Waals surface area contributed by atoms with Gasteiger partial charge in [0, 0.05) is 30.6 Å². The number of nitrogens with one attached hydrogen (secondary N) is 1. The molecule has 0 saturated heterocycles. The van der Waals surface area contributed by atoms with E-state index < -0.39 is 16.1 Å². The van der Waals surface area contributed by atoms with Gasteiger partial charge in [-0.2, -0.15) is 0 Å². The van der Waals surface area contributed by atoms with E-state index in [-0.39, 0.29) is 37.4 Å². The van der Waals surface area contributed by atoms with Gasteiger partial charge in [-0.1, -0.05) is 36.6 Å². The van der Waals surface area contributed by atoms with Gasteiger partial charge in [0.2, 0.25) is 21.8 Å². The van der Waals surface area contributed by atoms with Crippen LogP contribution in [0.2, 0.25) is 5.02 Å². The van der Waals surface area contributed by atoms with E-state index in [2.05, 4.69) is 5.32 Å². The topological polar surface area (TPSA) is 96.0 Å². The summed E-state index contributed by atoms with van der Waals surface area (Å²) in [5.74, 6) is 0.250. The molecule has 208 valence electrons. The van der Waals surface area contributed by atoms with Crippen LogP contribution in [0.5, 0.6) is 5.75 Å². The summed E-state index contributed by atoms with van der Waals surface area (Å²) in [4.78, 5) is 28.0. The molecule has 0 aromatic heterocycles. The summed E-state index contributed by atoms with van der Waals surface area (Å²) in [5, 5.41) is 3.64. The second-order valence-corrected chi connectivity index (χ2v) is 12.0. The Balaban J connectivity index is 1.70. The summed E-state index contributed by atoms with van der Waals surface area (Å²) in [6.45, 7) is 4.48. The molecule has 1 atom stereocenters. The zero-order chi connectivity index (χ0) is 27.7. The largest absolute Gasteiger partial charge is 0.494 e. The SMILES string of the molecule is CCOc1ccc(N(CCCC(=O)N(Cc2cccc(Cl)c2)[C@H](C)C(=O)NC2CCCC2)S(C)(=O)=O)cc1. The predicted octanol–water partition coefficient (Wildman–Crippen LogP) is 4.76. The Morgan fingerprint density at radius 1 is 1.13 bits per heavy atom. The third kappa shape index (κ3) is 8.63. The lowest BCUT2D eigenvalue weighted by Gasteiger charge is -2.30. The lowest BCUT2D eigenvalue weighted by Crippen LogP contribution is -2.49. The number of hydrogen-bond acceptors (Lipinski definition) is 5. The van der Waals surface area contributed by atoms with Gasteiger partial charge in [-0.05, 0) is 75.1 Å². The van der Waals surface area contributed by atoms with Crippen LogP contribution in [0.1, 0.15) is 57.9 Å². The van der Waals surface area contributed by atoms with E-state index in [9.17, 15) is 18.0 Å². The summed E-state index contributed by atoms with van der Waals surface area (Å²) in [6, 6.07) is 13.5. The molecule has 0 bridgehead atoms. The number of carbonyl (C=O) groups excluding carboxylic acids is 2. The number of halogens is 1. The average molecular weight is 564 g/mol. The van der Waals surface area contributed by atoms with Gasteiger partial charge < -0.3 is 15.0 Å². The van der Waals surface area contributed by atoms with Crippen LogP contribution >= 0.6 is 11.6 Å². The molecule has 0 unspecified atom stereocenters. The Kier molecular flexibility index (Phi) is 10.8. The molecular formula is C28H38ClN3O5S. The van der Waals surface area contributed by atoms with Crippen molar-refractivity contribution in [2.24, 2.45) is 0 Å². The van der Waals surface area contributed by atoms with Crippen LogP contribution in [0.4, 0.5) is 5.69 Å². The number of sulfonamides is 1. The summed E-state index contributed by atoms with van der Waals surface area (Å²) in [5.41, 5.74) is 1.32. The van der Waals surface area contributed by atoms with Crippen molar-refractivity contribution >= 4 is 39.1 Å². The Bertz CT molecular complexity index is 1180. The molecule has 38 heavy (non-hydrogen) atoms. The van der Waals surface area contributed by atoms with Gasteiger partial charge in [-0.25, -0.2) is 8.42 Å². The van der Waals surface area contributed by atoms with Crippen molar-refractivity contribution in [3.05, 3.63) is 59.1 Å².